The molecule has 0 saturated carbocycles. The van der Waals surface area contributed by atoms with Gasteiger partial charge < -0.3 is 15.3 Å². The lowest BCUT2D eigenvalue weighted by molar-refractivity contribution is -0.0328. The van der Waals surface area contributed by atoms with Crippen LogP contribution >= 0.6 is 11.8 Å². The van der Waals surface area contributed by atoms with Crippen LogP contribution in [0.25, 0.3) is 11.1 Å². The van der Waals surface area contributed by atoms with E-state index in [1.165, 1.54) is 12.1 Å². The second-order valence-electron chi connectivity index (χ2n) is 9.79. The molecule has 0 bridgehead atoms. The molecule has 0 fully saturated rings. The molecule has 0 aliphatic carbocycles. The molecule has 1 amide bonds. The van der Waals surface area contributed by atoms with Crippen LogP contribution in [0.15, 0.2) is 95.9 Å². The van der Waals surface area contributed by atoms with E-state index in [-0.39, 0.29) is 34.7 Å². The standard InChI is InChI=1S/C32H27F3N2O3S/c33-32(34,35)41-26-14-9-21(10-15-26)19-36-30(38)25-13-16-29-24(18-25)4-3-17-37(29)20-22-7-11-23(12-8-22)27-5-1-2-6-28(27)31(39)40/h1-2,5-16,18H,3-4,17,19-20H2,(H,36,38)(H,39,40). The van der Waals surface area contributed by atoms with Crippen LogP contribution in [0.4, 0.5) is 18.9 Å². The lowest BCUT2D eigenvalue weighted by atomic mass is 9.97. The van der Waals surface area contributed by atoms with Crippen molar-refractivity contribution in [1.29, 1.82) is 0 Å². The lowest BCUT2D eigenvalue weighted by Gasteiger charge is -2.31. The lowest BCUT2D eigenvalue weighted by Crippen LogP contribution is -2.29. The second kappa shape index (κ2) is 12.1. The third kappa shape index (κ3) is 7.10. The summed E-state index contributed by atoms with van der Waals surface area (Å²) >= 11 is -0.166. The fourth-order valence-electron chi connectivity index (χ4n) is 5.01. The number of benzene rings is 4. The molecular weight excluding hydrogens is 549 g/mol. The van der Waals surface area contributed by atoms with Crippen LogP contribution in [0.3, 0.4) is 0 Å². The summed E-state index contributed by atoms with van der Waals surface area (Å²) in [5, 5.41) is 12.4. The minimum absolute atomic E-state index is 0.103. The summed E-state index contributed by atoms with van der Waals surface area (Å²) in [6.07, 6.45) is 1.81. The summed E-state index contributed by atoms with van der Waals surface area (Å²) in [5.74, 6) is -1.20. The number of alkyl halides is 3. The first-order valence-corrected chi connectivity index (χ1v) is 13.9. The summed E-state index contributed by atoms with van der Waals surface area (Å²) < 4.78 is 37.6. The van der Waals surface area contributed by atoms with Crippen LogP contribution in [0, 0.1) is 0 Å². The van der Waals surface area contributed by atoms with Crippen molar-refractivity contribution in [2.75, 3.05) is 11.4 Å². The Kier molecular flexibility index (Phi) is 8.35. The number of fused-ring (bicyclic) bond motifs is 1. The monoisotopic (exact) mass is 576 g/mol. The number of hydrogen-bond acceptors (Lipinski definition) is 4. The van der Waals surface area contributed by atoms with Gasteiger partial charge in [-0.05, 0) is 88.8 Å². The molecule has 4 aromatic carbocycles. The third-order valence-electron chi connectivity index (χ3n) is 6.96. The normalized spacial score (nSPS) is 13.0. The quantitative estimate of drug-likeness (QED) is 0.212. The van der Waals surface area contributed by atoms with Gasteiger partial charge in [-0.25, -0.2) is 4.79 Å². The Hall–Kier alpha value is -4.24. The van der Waals surface area contributed by atoms with Crippen molar-refractivity contribution in [3.05, 3.63) is 119 Å². The summed E-state index contributed by atoms with van der Waals surface area (Å²) in [4.78, 5) is 26.8. The van der Waals surface area contributed by atoms with Crippen molar-refractivity contribution < 1.29 is 27.9 Å². The number of halogens is 3. The number of carboxylic acids is 1. The number of carbonyl (C=O) groups is 2. The Bertz CT molecular complexity index is 1550. The molecule has 210 valence electrons. The molecule has 5 rings (SSSR count). The van der Waals surface area contributed by atoms with Gasteiger partial charge in [0.1, 0.15) is 0 Å². The van der Waals surface area contributed by atoms with Gasteiger partial charge in [-0.15, -0.1) is 0 Å². The Balaban J connectivity index is 1.22. The molecular formula is C32H27F3N2O3S. The van der Waals surface area contributed by atoms with E-state index in [2.05, 4.69) is 10.2 Å². The third-order valence-corrected chi connectivity index (χ3v) is 7.70. The first kappa shape index (κ1) is 28.3. The number of carbonyl (C=O) groups excluding carboxylic acids is 1. The molecule has 0 atom stereocenters. The number of aromatic carboxylic acids is 1. The number of amides is 1. The van der Waals surface area contributed by atoms with Gasteiger partial charge in [0.05, 0.1) is 5.56 Å². The summed E-state index contributed by atoms with van der Waals surface area (Å²) in [6, 6.07) is 26.5. The molecule has 1 aliphatic rings. The van der Waals surface area contributed by atoms with Crippen molar-refractivity contribution in [1.82, 2.24) is 5.32 Å². The van der Waals surface area contributed by atoms with Gasteiger partial charge in [-0.3, -0.25) is 4.79 Å². The number of thioether (sulfide) groups is 1. The zero-order chi connectivity index (χ0) is 29.0. The highest BCUT2D eigenvalue weighted by molar-refractivity contribution is 8.00. The molecule has 1 heterocycles. The Morgan fingerprint density at radius 2 is 1.61 bits per heavy atom. The highest BCUT2D eigenvalue weighted by atomic mass is 32.2. The van der Waals surface area contributed by atoms with Crippen molar-refractivity contribution in [2.24, 2.45) is 0 Å². The Morgan fingerprint density at radius 3 is 2.32 bits per heavy atom. The maximum absolute atomic E-state index is 12.8. The number of rotatable bonds is 8. The van der Waals surface area contributed by atoms with Crippen LogP contribution in [-0.4, -0.2) is 29.0 Å². The minimum atomic E-state index is -4.33. The molecule has 0 aromatic heterocycles. The Labute approximate surface area is 240 Å². The largest absolute Gasteiger partial charge is 0.478 e. The van der Waals surface area contributed by atoms with Crippen LogP contribution in [-0.2, 0) is 19.5 Å². The number of hydrogen-bond donors (Lipinski definition) is 2. The maximum Gasteiger partial charge on any atom is 0.446 e. The van der Waals surface area contributed by atoms with Gasteiger partial charge >= 0.3 is 11.5 Å². The van der Waals surface area contributed by atoms with Crippen LogP contribution in [0.1, 0.15) is 43.8 Å². The van der Waals surface area contributed by atoms with E-state index >= 15 is 0 Å². The number of anilines is 1. The molecule has 0 unspecified atom stereocenters. The van der Waals surface area contributed by atoms with Crippen molar-refractivity contribution in [3.8, 4) is 11.1 Å². The highest BCUT2D eigenvalue weighted by Crippen LogP contribution is 2.36. The number of nitrogens with zero attached hydrogens (tertiary/aromatic N) is 1. The van der Waals surface area contributed by atoms with Crippen molar-refractivity contribution >= 4 is 29.3 Å². The molecule has 2 N–H and O–H groups in total. The highest BCUT2D eigenvalue weighted by Gasteiger charge is 2.29. The van der Waals surface area contributed by atoms with E-state index in [1.54, 1.807) is 36.4 Å². The van der Waals surface area contributed by atoms with E-state index in [1.807, 2.05) is 42.5 Å². The SMILES string of the molecule is O=C(NCc1ccc(SC(F)(F)F)cc1)c1ccc2c(c1)CCCN2Cc1ccc(-c2ccccc2C(=O)O)cc1. The predicted octanol–water partition coefficient (Wildman–Crippen LogP) is 7.55. The first-order chi connectivity index (χ1) is 19.7. The molecule has 0 saturated heterocycles. The van der Waals surface area contributed by atoms with Crippen LogP contribution in [0.2, 0.25) is 0 Å². The second-order valence-corrected chi connectivity index (χ2v) is 10.9. The summed E-state index contributed by atoms with van der Waals surface area (Å²) in [6.45, 7) is 1.78. The maximum atomic E-state index is 12.8. The van der Waals surface area contributed by atoms with Crippen LogP contribution in [0.5, 0.6) is 0 Å². The van der Waals surface area contributed by atoms with Gasteiger partial charge in [0.2, 0.25) is 0 Å². The van der Waals surface area contributed by atoms with Gasteiger partial charge in [-0.2, -0.15) is 13.2 Å². The number of nitrogens with one attached hydrogen (secondary N) is 1. The van der Waals surface area contributed by atoms with Gasteiger partial charge in [0.25, 0.3) is 5.91 Å². The van der Waals surface area contributed by atoms with E-state index in [4.69, 9.17) is 0 Å². The fraction of sp³-hybridized carbons (Fsp3) is 0.188. The number of aryl methyl sites for hydroxylation is 1. The fourth-order valence-corrected chi connectivity index (χ4v) is 5.54. The molecule has 0 radical (unpaired) electrons. The molecule has 0 spiro atoms. The average molecular weight is 577 g/mol. The number of carboxylic acid groups (broad SMARTS) is 1. The van der Waals surface area contributed by atoms with E-state index < -0.39 is 11.5 Å². The van der Waals surface area contributed by atoms with Crippen LogP contribution < -0.4 is 10.2 Å². The molecule has 5 nitrogen and oxygen atoms in total. The summed E-state index contributed by atoms with van der Waals surface area (Å²) in [7, 11) is 0. The topological polar surface area (TPSA) is 69.6 Å². The van der Waals surface area contributed by atoms with Gasteiger partial charge in [-0.1, -0.05) is 54.6 Å². The molecule has 1 aliphatic heterocycles. The zero-order valence-electron chi connectivity index (χ0n) is 21.9. The summed E-state index contributed by atoms with van der Waals surface area (Å²) in [5.41, 5.74) is 1.96. The minimum Gasteiger partial charge on any atom is -0.478 e. The molecule has 41 heavy (non-hydrogen) atoms. The first-order valence-electron chi connectivity index (χ1n) is 13.1. The van der Waals surface area contributed by atoms with Gasteiger partial charge in [0, 0.05) is 35.8 Å². The van der Waals surface area contributed by atoms with Crippen molar-refractivity contribution in [3.63, 3.8) is 0 Å². The van der Waals surface area contributed by atoms with E-state index in [9.17, 15) is 27.9 Å². The van der Waals surface area contributed by atoms with Gasteiger partial charge in [0.15, 0.2) is 0 Å². The predicted molar refractivity (Wildman–Crippen MR) is 154 cm³/mol. The van der Waals surface area contributed by atoms with E-state index in [0.717, 1.165) is 41.8 Å². The molecule has 9 heteroatoms. The Morgan fingerprint density at radius 1 is 0.902 bits per heavy atom. The van der Waals surface area contributed by atoms with Crippen molar-refractivity contribution in [2.45, 2.75) is 36.3 Å². The molecule has 4 aromatic rings. The smallest absolute Gasteiger partial charge is 0.446 e. The van der Waals surface area contributed by atoms with E-state index in [0.29, 0.717) is 23.2 Å². The zero-order valence-corrected chi connectivity index (χ0v) is 22.8. The average Bonchev–Trinajstić information content (AvgIpc) is 2.96.